The van der Waals surface area contributed by atoms with Gasteiger partial charge in [-0.25, -0.2) is 0 Å². The Balaban J connectivity index is 1.73. The van der Waals surface area contributed by atoms with E-state index >= 15 is 0 Å². The van der Waals surface area contributed by atoms with Gasteiger partial charge in [-0.05, 0) is 42.1 Å². The smallest absolute Gasteiger partial charge is 0.123 e. The number of methoxy groups -OCH3 is 1. The second-order valence-corrected chi connectivity index (χ2v) is 7.72. The van der Waals surface area contributed by atoms with Gasteiger partial charge >= 0.3 is 0 Å². The number of benzene rings is 1. The predicted octanol–water partition coefficient (Wildman–Crippen LogP) is 3.71. The number of fused-ring (bicyclic) bond motifs is 2. The number of phenols is 1. The summed E-state index contributed by atoms with van der Waals surface area (Å²) in [4.78, 5) is 0. The molecule has 2 fully saturated rings. The summed E-state index contributed by atoms with van der Waals surface area (Å²) in [5.74, 6) is 1.85. The van der Waals surface area contributed by atoms with Gasteiger partial charge in [0.1, 0.15) is 11.5 Å². The summed E-state index contributed by atoms with van der Waals surface area (Å²) in [6, 6.07) is 6.06. The third kappa shape index (κ3) is 2.32. The maximum atomic E-state index is 10.1. The number of hydrogen-bond acceptors (Lipinski definition) is 3. The number of nitrogens with one attached hydrogen (secondary N) is 1. The molecule has 1 aromatic rings. The normalized spacial score (nSPS) is 33.3. The second kappa shape index (κ2) is 4.91. The molecule has 0 spiro atoms. The molecule has 0 aromatic heterocycles. The molecule has 2 aliphatic rings. The summed E-state index contributed by atoms with van der Waals surface area (Å²) in [5, 5.41) is 13.8. The van der Waals surface area contributed by atoms with E-state index in [9.17, 15) is 5.11 Å². The Morgan fingerprint density at radius 3 is 2.67 bits per heavy atom. The Kier molecular flexibility index (Phi) is 3.44. The van der Waals surface area contributed by atoms with Crippen molar-refractivity contribution < 1.29 is 9.84 Å². The Morgan fingerprint density at radius 2 is 2.10 bits per heavy atom. The Hall–Kier alpha value is -1.22. The van der Waals surface area contributed by atoms with Crippen LogP contribution in [0.25, 0.3) is 0 Å². The fourth-order valence-corrected chi connectivity index (χ4v) is 4.84. The highest BCUT2D eigenvalue weighted by atomic mass is 16.5. The lowest BCUT2D eigenvalue weighted by Crippen LogP contribution is -2.49. The maximum absolute atomic E-state index is 10.1. The minimum atomic E-state index is 0.313. The highest BCUT2D eigenvalue weighted by Crippen LogP contribution is 2.62. The fraction of sp³-hybridized carbons (Fsp3) is 0.667. The van der Waals surface area contributed by atoms with E-state index in [1.165, 1.54) is 19.3 Å². The summed E-state index contributed by atoms with van der Waals surface area (Å²) in [5.41, 5.74) is 1.70. The Labute approximate surface area is 127 Å². The van der Waals surface area contributed by atoms with Crippen LogP contribution in [0.1, 0.15) is 45.6 Å². The standard InChI is InChI=1S/C18H27NO2/c1-17(2)13-7-8-18(3,10-13)16(17)19-11-12-5-6-14(21-4)9-15(12)20/h5-6,9,13,16,19-20H,7-8,10-11H2,1-4H3. The number of hydrogen-bond donors (Lipinski definition) is 2. The van der Waals surface area contributed by atoms with Crippen molar-refractivity contribution in [3.63, 3.8) is 0 Å². The number of phenolic OH excluding ortho intramolecular Hbond substituents is 1. The summed E-state index contributed by atoms with van der Waals surface area (Å²) in [7, 11) is 1.62. The highest BCUT2D eigenvalue weighted by molar-refractivity contribution is 5.39. The largest absolute Gasteiger partial charge is 0.507 e. The first kappa shape index (κ1) is 14.7. The van der Waals surface area contributed by atoms with E-state index in [2.05, 4.69) is 26.1 Å². The molecule has 3 atom stereocenters. The molecule has 2 aliphatic carbocycles. The zero-order chi connectivity index (χ0) is 15.3. The average Bonchev–Trinajstić information content (AvgIpc) is 2.91. The highest BCUT2D eigenvalue weighted by Gasteiger charge is 2.58. The molecule has 2 N–H and O–H groups in total. The third-order valence-corrected chi connectivity index (χ3v) is 6.06. The molecule has 0 radical (unpaired) electrons. The van der Waals surface area contributed by atoms with Crippen molar-refractivity contribution in [3.8, 4) is 11.5 Å². The van der Waals surface area contributed by atoms with E-state index < -0.39 is 0 Å². The van der Waals surface area contributed by atoms with Crippen molar-refractivity contribution in [2.75, 3.05) is 7.11 Å². The van der Waals surface area contributed by atoms with Crippen LogP contribution in [0.4, 0.5) is 0 Å². The lowest BCUT2D eigenvalue weighted by Gasteiger charge is -2.43. The quantitative estimate of drug-likeness (QED) is 0.888. The minimum absolute atomic E-state index is 0.313. The van der Waals surface area contributed by atoms with Crippen LogP contribution in [0.15, 0.2) is 18.2 Å². The summed E-state index contributed by atoms with van der Waals surface area (Å²) < 4.78 is 5.14. The van der Waals surface area contributed by atoms with Gasteiger partial charge < -0.3 is 15.2 Å². The molecule has 1 aromatic carbocycles. The van der Waals surface area contributed by atoms with Gasteiger partial charge in [-0.15, -0.1) is 0 Å². The molecule has 3 heteroatoms. The predicted molar refractivity (Wildman–Crippen MR) is 84.5 cm³/mol. The van der Waals surface area contributed by atoms with Crippen LogP contribution in [0.5, 0.6) is 11.5 Å². The van der Waals surface area contributed by atoms with Gasteiger partial charge in [0.15, 0.2) is 0 Å². The van der Waals surface area contributed by atoms with E-state index in [-0.39, 0.29) is 0 Å². The lowest BCUT2D eigenvalue weighted by atomic mass is 9.68. The van der Waals surface area contributed by atoms with Crippen LogP contribution < -0.4 is 10.1 Å². The maximum Gasteiger partial charge on any atom is 0.123 e. The van der Waals surface area contributed by atoms with Gasteiger partial charge in [-0.2, -0.15) is 0 Å². The molecular weight excluding hydrogens is 262 g/mol. The Bertz CT molecular complexity index is 535. The van der Waals surface area contributed by atoms with Crippen molar-refractivity contribution in [3.05, 3.63) is 23.8 Å². The van der Waals surface area contributed by atoms with Gasteiger partial charge in [-0.3, -0.25) is 0 Å². The number of rotatable bonds is 4. The van der Waals surface area contributed by atoms with Crippen LogP contribution in [0.2, 0.25) is 0 Å². The van der Waals surface area contributed by atoms with Crippen molar-refractivity contribution in [1.82, 2.24) is 5.32 Å². The molecule has 3 rings (SSSR count). The SMILES string of the molecule is COc1ccc(CNC2C3(C)CCC(C3)C2(C)C)c(O)c1. The van der Waals surface area contributed by atoms with Crippen molar-refractivity contribution >= 4 is 0 Å². The van der Waals surface area contributed by atoms with Crippen LogP contribution in [0, 0.1) is 16.7 Å². The topological polar surface area (TPSA) is 41.5 Å². The summed E-state index contributed by atoms with van der Waals surface area (Å²) in [6.45, 7) is 7.93. The van der Waals surface area contributed by atoms with Crippen molar-refractivity contribution in [1.29, 1.82) is 0 Å². The lowest BCUT2D eigenvalue weighted by molar-refractivity contribution is 0.108. The first-order chi connectivity index (χ1) is 9.87. The van der Waals surface area contributed by atoms with Crippen molar-refractivity contribution in [2.45, 2.75) is 52.6 Å². The van der Waals surface area contributed by atoms with Gasteiger partial charge in [0.2, 0.25) is 0 Å². The third-order valence-electron chi connectivity index (χ3n) is 6.06. The van der Waals surface area contributed by atoms with Crippen molar-refractivity contribution in [2.24, 2.45) is 16.7 Å². The monoisotopic (exact) mass is 289 g/mol. The molecule has 0 amide bonds. The summed E-state index contributed by atoms with van der Waals surface area (Å²) in [6.07, 6.45) is 4.04. The first-order valence-corrected chi connectivity index (χ1v) is 7.96. The fourth-order valence-electron chi connectivity index (χ4n) is 4.84. The summed E-state index contributed by atoms with van der Waals surface area (Å²) >= 11 is 0. The van der Waals surface area contributed by atoms with E-state index in [0.717, 1.165) is 11.5 Å². The van der Waals surface area contributed by atoms with E-state index in [0.29, 0.717) is 34.9 Å². The molecule has 0 saturated heterocycles. The number of aromatic hydroxyl groups is 1. The van der Waals surface area contributed by atoms with Crippen LogP contribution in [-0.4, -0.2) is 18.3 Å². The molecule has 2 bridgehead atoms. The van der Waals surface area contributed by atoms with Gasteiger partial charge in [0.25, 0.3) is 0 Å². The zero-order valence-electron chi connectivity index (χ0n) is 13.6. The number of ether oxygens (including phenoxy) is 1. The van der Waals surface area contributed by atoms with Crippen LogP contribution in [0.3, 0.4) is 0 Å². The second-order valence-electron chi connectivity index (χ2n) is 7.72. The molecule has 2 saturated carbocycles. The zero-order valence-corrected chi connectivity index (χ0v) is 13.6. The molecule has 21 heavy (non-hydrogen) atoms. The molecule has 3 nitrogen and oxygen atoms in total. The molecule has 3 unspecified atom stereocenters. The molecular formula is C18H27NO2. The average molecular weight is 289 g/mol. The van der Waals surface area contributed by atoms with Gasteiger partial charge in [-0.1, -0.05) is 26.8 Å². The molecule has 116 valence electrons. The van der Waals surface area contributed by atoms with E-state index in [4.69, 9.17) is 4.74 Å². The minimum Gasteiger partial charge on any atom is -0.507 e. The van der Waals surface area contributed by atoms with Gasteiger partial charge in [0.05, 0.1) is 7.11 Å². The van der Waals surface area contributed by atoms with Crippen LogP contribution >= 0.6 is 0 Å². The Morgan fingerprint density at radius 1 is 1.33 bits per heavy atom. The van der Waals surface area contributed by atoms with E-state index in [1.54, 1.807) is 13.2 Å². The van der Waals surface area contributed by atoms with Crippen LogP contribution in [-0.2, 0) is 6.54 Å². The van der Waals surface area contributed by atoms with E-state index in [1.807, 2.05) is 12.1 Å². The molecule has 0 aliphatic heterocycles. The van der Waals surface area contributed by atoms with Gasteiger partial charge in [0, 0.05) is 24.2 Å². The molecule has 0 heterocycles. The first-order valence-electron chi connectivity index (χ1n) is 7.96.